The molecule has 0 bridgehead atoms. The summed E-state index contributed by atoms with van der Waals surface area (Å²) in [5.74, 6) is 2.30. The second kappa shape index (κ2) is 4.78. The van der Waals surface area contributed by atoms with Crippen molar-refractivity contribution in [2.24, 2.45) is 11.8 Å². The highest BCUT2D eigenvalue weighted by atomic mass is 32.2. The highest BCUT2D eigenvalue weighted by Gasteiger charge is 2.07. The van der Waals surface area contributed by atoms with E-state index in [0.29, 0.717) is 11.8 Å². The van der Waals surface area contributed by atoms with Crippen molar-refractivity contribution in [1.82, 2.24) is 0 Å². The standard InChI is InChI=1S/C8H16OS/c1-6(2)7(3)5-10-8(4)9/h6-7H,5H2,1-4H3/t7-/m1/s1. The Kier molecular flexibility index (Phi) is 4.79. The van der Waals surface area contributed by atoms with E-state index in [1.165, 1.54) is 11.8 Å². The molecule has 0 aliphatic rings. The van der Waals surface area contributed by atoms with E-state index in [9.17, 15) is 4.79 Å². The molecule has 0 radical (unpaired) electrons. The SMILES string of the molecule is CC(=O)SC[C@@H](C)C(C)C. The Bertz CT molecular complexity index is 110. The van der Waals surface area contributed by atoms with Crippen LogP contribution in [0.15, 0.2) is 0 Å². The van der Waals surface area contributed by atoms with E-state index >= 15 is 0 Å². The molecule has 0 spiro atoms. The third-order valence-corrected chi connectivity index (χ3v) is 2.79. The molecule has 0 fully saturated rings. The molecule has 0 aromatic rings. The van der Waals surface area contributed by atoms with Crippen molar-refractivity contribution in [3.63, 3.8) is 0 Å². The van der Waals surface area contributed by atoms with Gasteiger partial charge in [0.2, 0.25) is 0 Å². The van der Waals surface area contributed by atoms with Gasteiger partial charge in [0.25, 0.3) is 0 Å². The summed E-state index contributed by atoms with van der Waals surface area (Å²) in [7, 11) is 0. The molecule has 0 aliphatic heterocycles. The van der Waals surface area contributed by atoms with E-state index in [1.54, 1.807) is 6.92 Å². The number of rotatable bonds is 3. The Balaban J connectivity index is 3.39. The summed E-state index contributed by atoms with van der Waals surface area (Å²) in [5.41, 5.74) is 0. The summed E-state index contributed by atoms with van der Waals surface area (Å²) in [4.78, 5) is 10.5. The lowest BCUT2D eigenvalue weighted by molar-refractivity contribution is -0.109. The fourth-order valence-corrected chi connectivity index (χ4v) is 1.32. The van der Waals surface area contributed by atoms with Gasteiger partial charge in [0.05, 0.1) is 0 Å². The van der Waals surface area contributed by atoms with Crippen LogP contribution in [-0.4, -0.2) is 10.9 Å². The van der Waals surface area contributed by atoms with Crippen molar-refractivity contribution in [2.45, 2.75) is 27.7 Å². The van der Waals surface area contributed by atoms with Crippen LogP contribution < -0.4 is 0 Å². The van der Waals surface area contributed by atoms with E-state index in [-0.39, 0.29) is 5.12 Å². The minimum atomic E-state index is 0.229. The summed E-state index contributed by atoms with van der Waals surface area (Å²) in [5, 5.41) is 0.229. The molecule has 0 N–H and O–H groups in total. The van der Waals surface area contributed by atoms with E-state index in [4.69, 9.17) is 0 Å². The molecule has 0 saturated carbocycles. The van der Waals surface area contributed by atoms with E-state index in [2.05, 4.69) is 20.8 Å². The summed E-state index contributed by atoms with van der Waals surface area (Å²) in [6, 6.07) is 0. The maximum absolute atomic E-state index is 10.5. The highest BCUT2D eigenvalue weighted by molar-refractivity contribution is 8.13. The van der Waals surface area contributed by atoms with Crippen molar-refractivity contribution in [2.75, 3.05) is 5.75 Å². The topological polar surface area (TPSA) is 17.1 Å². The first-order valence-electron chi connectivity index (χ1n) is 3.67. The van der Waals surface area contributed by atoms with Gasteiger partial charge in [0.15, 0.2) is 5.12 Å². The smallest absolute Gasteiger partial charge is 0.185 e. The number of hydrogen-bond donors (Lipinski definition) is 0. The first kappa shape index (κ1) is 10.0. The summed E-state index contributed by atoms with van der Waals surface area (Å²) in [6.45, 7) is 8.18. The van der Waals surface area contributed by atoms with Gasteiger partial charge >= 0.3 is 0 Å². The number of carbonyl (C=O) groups is 1. The molecule has 0 rings (SSSR count). The van der Waals surface area contributed by atoms with Gasteiger partial charge in [-0.2, -0.15) is 0 Å². The van der Waals surface area contributed by atoms with Gasteiger partial charge < -0.3 is 0 Å². The van der Waals surface area contributed by atoms with Gasteiger partial charge in [0, 0.05) is 12.7 Å². The molecule has 0 aromatic carbocycles. The van der Waals surface area contributed by atoms with Gasteiger partial charge in [-0.3, -0.25) is 4.79 Å². The predicted octanol–water partition coefficient (Wildman–Crippen LogP) is 2.56. The molecule has 0 heterocycles. The van der Waals surface area contributed by atoms with Crippen LogP contribution >= 0.6 is 11.8 Å². The molecular weight excluding hydrogens is 144 g/mol. The summed E-state index contributed by atoms with van der Waals surface area (Å²) >= 11 is 1.43. The van der Waals surface area contributed by atoms with Crippen molar-refractivity contribution in [1.29, 1.82) is 0 Å². The molecule has 0 saturated heterocycles. The molecule has 60 valence electrons. The molecule has 1 atom stereocenters. The Morgan fingerprint density at radius 3 is 2.20 bits per heavy atom. The quantitative estimate of drug-likeness (QED) is 0.631. The molecule has 0 unspecified atom stereocenters. The zero-order valence-electron chi connectivity index (χ0n) is 7.18. The molecule has 0 aliphatic carbocycles. The second-order valence-corrected chi connectivity index (χ2v) is 4.22. The van der Waals surface area contributed by atoms with E-state index in [1.807, 2.05) is 0 Å². The molecule has 1 nitrogen and oxygen atoms in total. The molecule has 0 amide bonds. The predicted molar refractivity (Wildman–Crippen MR) is 47.1 cm³/mol. The average molecular weight is 160 g/mol. The number of hydrogen-bond acceptors (Lipinski definition) is 2. The van der Waals surface area contributed by atoms with Crippen LogP contribution in [0.1, 0.15) is 27.7 Å². The van der Waals surface area contributed by atoms with Crippen molar-refractivity contribution < 1.29 is 4.79 Å². The lowest BCUT2D eigenvalue weighted by atomic mass is 10.0. The van der Waals surface area contributed by atoms with Crippen LogP contribution in [0, 0.1) is 11.8 Å². The maximum Gasteiger partial charge on any atom is 0.185 e. The third kappa shape index (κ3) is 4.86. The Morgan fingerprint density at radius 1 is 1.40 bits per heavy atom. The van der Waals surface area contributed by atoms with Crippen LogP contribution in [0.2, 0.25) is 0 Å². The normalized spacial score (nSPS) is 13.7. The van der Waals surface area contributed by atoms with Crippen molar-refractivity contribution in [3.05, 3.63) is 0 Å². The first-order chi connectivity index (χ1) is 4.54. The fraction of sp³-hybridized carbons (Fsp3) is 0.875. The maximum atomic E-state index is 10.5. The fourth-order valence-electron chi connectivity index (χ4n) is 0.441. The van der Waals surface area contributed by atoms with Gasteiger partial charge in [-0.1, -0.05) is 32.5 Å². The van der Waals surface area contributed by atoms with E-state index in [0.717, 1.165) is 5.75 Å². The Labute approximate surface area is 67.6 Å². The summed E-state index contributed by atoms with van der Waals surface area (Å²) in [6.07, 6.45) is 0. The zero-order chi connectivity index (χ0) is 8.15. The number of thioether (sulfide) groups is 1. The van der Waals surface area contributed by atoms with Gasteiger partial charge in [-0.15, -0.1) is 0 Å². The van der Waals surface area contributed by atoms with Crippen LogP contribution in [0.5, 0.6) is 0 Å². The van der Waals surface area contributed by atoms with Crippen LogP contribution in [0.4, 0.5) is 0 Å². The number of carbonyl (C=O) groups excluding carboxylic acids is 1. The van der Waals surface area contributed by atoms with Crippen molar-refractivity contribution in [3.8, 4) is 0 Å². The lowest BCUT2D eigenvalue weighted by Gasteiger charge is -2.12. The molecule has 2 heteroatoms. The van der Waals surface area contributed by atoms with Crippen LogP contribution in [-0.2, 0) is 4.79 Å². The lowest BCUT2D eigenvalue weighted by Crippen LogP contribution is -2.07. The van der Waals surface area contributed by atoms with Gasteiger partial charge in [-0.25, -0.2) is 0 Å². The minimum absolute atomic E-state index is 0.229. The summed E-state index contributed by atoms with van der Waals surface area (Å²) < 4.78 is 0. The monoisotopic (exact) mass is 160 g/mol. The largest absolute Gasteiger partial charge is 0.288 e. The van der Waals surface area contributed by atoms with Gasteiger partial charge in [0.1, 0.15) is 0 Å². The van der Waals surface area contributed by atoms with Gasteiger partial charge in [-0.05, 0) is 11.8 Å². The van der Waals surface area contributed by atoms with Crippen LogP contribution in [0.3, 0.4) is 0 Å². The zero-order valence-corrected chi connectivity index (χ0v) is 7.99. The Morgan fingerprint density at radius 2 is 1.90 bits per heavy atom. The Hall–Kier alpha value is 0.0200. The third-order valence-electron chi connectivity index (χ3n) is 1.69. The average Bonchev–Trinajstić information content (AvgIpc) is 1.82. The first-order valence-corrected chi connectivity index (χ1v) is 4.66. The second-order valence-electron chi connectivity index (χ2n) is 3.02. The molecule has 10 heavy (non-hydrogen) atoms. The van der Waals surface area contributed by atoms with Crippen molar-refractivity contribution >= 4 is 16.9 Å². The van der Waals surface area contributed by atoms with E-state index < -0.39 is 0 Å². The van der Waals surface area contributed by atoms with Crippen LogP contribution in [0.25, 0.3) is 0 Å². The molecule has 0 aromatic heterocycles. The highest BCUT2D eigenvalue weighted by Crippen LogP contribution is 2.16. The minimum Gasteiger partial charge on any atom is -0.288 e. The molecular formula is C8H16OS.